The predicted molar refractivity (Wildman–Crippen MR) is 49.0 cm³/mol. The number of nitrogen functional groups attached to an aromatic ring is 1. The van der Waals surface area contributed by atoms with E-state index in [1.807, 2.05) is 0 Å². The average Bonchev–Trinajstić information content (AvgIpc) is 2.16. The number of nitrogens with two attached hydrogens (primary N) is 1. The largest absolute Gasteiger partial charge is 0.396 e. The third-order valence-corrected chi connectivity index (χ3v) is 1.36. The second-order valence-electron chi connectivity index (χ2n) is 2.37. The van der Waals surface area contributed by atoms with Crippen molar-refractivity contribution in [1.82, 2.24) is 15.3 Å². The third kappa shape index (κ3) is 2.94. The predicted octanol–water partition coefficient (Wildman–Crippen LogP) is -0.783. The van der Waals surface area contributed by atoms with E-state index in [0.717, 1.165) is 0 Å². The smallest absolute Gasteiger partial charge is 0.239 e. The maximum atomic E-state index is 10.8. The molecule has 1 aromatic rings. The summed E-state index contributed by atoms with van der Waals surface area (Å²) < 4.78 is 0. The number of nitrogens with zero attached hydrogens (tertiary/aromatic N) is 2. The van der Waals surface area contributed by atoms with Crippen molar-refractivity contribution in [3.8, 4) is 0 Å². The van der Waals surface area contributed by atoms with Gasteiger partial charge in [0.15, 0.2) is 0 Å². The molecule has 0 aliphatic rings. The quantitative estimate of drug-likeness (QED) is 0.568. The molecular weight excluding hydrogens is 170 g/mol. The van der Waals surface area contributed by atoms with Crippen molar-refractivity contribution in [2.45, 2.75) is 0 Å². The Morgan fingerprint density at radius 3 is 2.69 bits per heavy atom. The van der Waals surface area contributed by atoms with Crippen LogP contribution in [0.1, 0.15) is 0 Å². The maximum absolute atomic E-state index is 10.8. The Balaban J connectivity index is 2.46. The molecule has 6 nitrogen and oxygen atoms in total. The summed E-state index contributed by atoms with van der Waals surface area (Å²) >= 11 is 0. The molecule has 6 heteroatoms. The molecule has 4 N–H and O–H groups in total. The Bertz CT molecular complexity index is 283. The molecule has 0 fully saturated rings. The fraction of sp³-hybridized carbons (Fsp3) is 0.286. The van der Waals surface area contributed by atoms with E-state index in [4.69, 9.17) is 5.73 Å². The summed E-state index contributed by atoms with van der Waals surface area (Å²) in [5, 5.41) is 5.20. The minimum absolute atomic E-state index is 0.125. The van der Waals surface area contributed by atoms with Gasteiger partial charge in [0.1, 0.15) is 0 Å². The molecule has 0 spiro atoms. The summed E-state index contributed by atoms with van der Waals surface area (Å²) in [6.07, 6.45) is 2.94. The Labute approximate surface area is 75.6 Å². The Morgan fingerprint density at radius 1 is 1.54 bits per heavy atom. The van der Waals surface area contributed by atoms with Crippen LogP contribution in [0.15, 0.2) is 12.4 Å². The van der Waals surface area contributed by atoms with E-state index in [1.54, 1.807) is 7.05 Å². The average molecular weight is 181 g/mol. The van der Waals surface area contributed by atoms with Gasteiger partial charge in [0, 0.05) is 7.05 Å². The van der Waals surface area contributed by atoms with Crippen molar-refractivity contribution in [3.63, 3.8) is 0 Å². The highest BCUT2D eigenvalue weighted by molar-refractivity contribution is 5.79. The van der Waals surface area contributed by atoms with Gasteiger partial charge in [-0.2, -0.15) is 0 Å². The van der Waals surface area contributed by atoms with Crippen molar-refractivity contribution in [2.75, 3.05) is 24.6 Å². The highest BCUT2D eigenvalue weighted by atomic mass is 16.1. The van der Waals surface area contributed by atoms with Crippen LogP contribution in [0.3, 0.4) is 0 Å². The zero-order valence-electron chi connectivity index (χ0n) is 7.24. The summed E-state index contributed by atoms with van der Waals surface area (Å²) in [6, 6.07) is 0. The Hall–Kier alpha value is -1.85. The Morgan fingerprint density at radius 2 is 2.15 bits per heavy atom. The summed E-state index contributed by atoms with van der Waals surface area (Å²) in [7, 11) is 1.56. The molecule has 0 radical (unpaired) electrons. The maximum Gasteiger partial charge on any atom is 0.239 e. The van der Waals surface area contributed by atoms with Gasteiger partial charge >= 0.3 is 0 Å². The Kier molecular flexibility index (Phi) is 3.02. The second-order valence-corrected chi connectivity index (χ2v) is 2.37. The standard InChI is InChI=1S/C7H11N5O/c1-9-6(13)4-12-7-10-2-5(8)3-11-7/h2-3H,4,8H2,1H3,(H,9,13)(H,10,11,12). The number of amides is 1. The summed E-state index contributed by atoms with van der Waals surface area (Å²) in [5.74, 6) is 0.262. The molecule has 0 saturated heterocycles. The topological polar surface area (TPSA) is 92.9 Å². The van der Waals surface area contributed by atoms with Crippen molar-refractivity contribution in [1.29, 1.82) is 0 Å². The number of rotatable bonds is 3. The van der Waals surface area contributed by atoms with Gasteiger partial charge in [-0.25, -0.2) is 9.97 Å². The fourth-order valence-corrected chi connectivity index (χ4v) is 0.677. The molecule has 1 amide bonds. The number of anilines is 2. The molecule has 1 rings (SSSR count). The first kappa shape index (κ1) is 9.24. The van der Waals surface area contributed by atoms with Crippen LogP contribution in [0.25, 0.3) is 0 Å². The first-order chi connectivity index (χ1) is 6.22. The molecule has 0 aliphatic heterocycles. The molecule has 0 unspecified atom stereocenters. The minimum Gasteiger partial charge on any atom is -0.396 e. The van der Waals surface area contributed by atoms with Gasteiger partial charge in [0.2, 0.25) is 11.9 Å². The van der Waals surface area contributed by atoms with E-state index in [1.165, 1.54) is 12.4 Å². The lowest BCUT2D eigenvalue weighted by Crippen LogP contribution is -2.26. The fourth-order valence-electron chi connectivity index (χ4n) is 0.677. The van der Waals surface area contributed by atoms with E-state index in [2.05, 4.69) is 20.6 Å². The van der Waals surface area contributed by atoms with Gasteiger partial charge < -0.3 is 16.4 Å². The van der Waals surface area contributed by atoms with E-state index < -0.39 is 0 Å². The number of hydrogen-bond donors (Lipinski definition) is 3. The number of aromatic nitrogens is 2. The molecular formula is C7H11N5O. The van der Waals surface area contributed by atoms with E-state index in [-0.39, 0.29) is 12.5 Å². The number of likely N-dealkylation sites (N-methyl/N-ethyl adjacent to an activating group) is 1. The van der Waals surface area contributed by atoms with Crippen molar-refractivity contribution >= 4 is 17.5 Å². The molecule has 70 valence electrons. The minimum atomic E-state index is -0.125. The first-order valence-corrected chi connectivity index (χ1v) is 3.74. The monoisotopic (exact) mass is 181 g/mol. The lowest BCUT2D eigenvalue weighted by molar-refractivity contribution is -0.118. The van der Waals surface area contributed by atoms with Crippen molar-refractivity contribution < 1.29 is 4.79 Å². The zero-order valence-corrected chi connectivity index (χ0v) is 7.24. The molecule has 0 aliphatic carbocycles. The third-order valence-electron chi connectivity index (χ3n) is 1.36. The van der Waals surface area contributed by atoms with Crippen LogP contribution in [0, 0.1) is 0 Å². The van der Waals surface area contributed by atoms with Crippen LogP contribution in [0.5, 0.6) is 0 Å². The second kappa shape index (κ2) is 4.24. The van der Waals surface area contributed by atoms with Crippen molar-refractivity contribution in [2.24, 2.45) is 0 Å². The van der Waals surface area contributed by atoms with Crippen LogP contribution in [-0.2, 0) is 4.79 Å². The number of carbonyl (C=O) groups excluding carboxylic acids is 1. The normalized spacial score (nSPS) is 9.31. The van der Waals surface area contributed by atoms with Gasteiger partial charge in [-0.3, -0.25) is 4.79 Å². The van der Waals surface area contributed by atoms with Crippen LogP contribution < -0.4 is 16.4 Å². The lowest BCUT2D eigenvalue weighted by Gasteiger charge is -2.02. The van der Waals surface area contributed by atoms with E-state index in [9.17, 15) is 4.79 Å². The number of hydrogen-bond acceptors (Lipinski definition) is 5. The molecule has 1 aromatic heterocycles. The molecule has 0 atom stereocenters. The molecule has 0 bridgehead atoms. The van der Waals surface area contributed by atoms with Gasteiger partial charge in [-0.15, -0.1) is 0 Å². The van der Waals surface area contributed by atoms with Gasteiger partial charge in [0.25, 0.3) is 0 Å². The van der Waals surface area contributed by atoms with Crippen LogP contribution in [-0.4, -0.2) is 29.5 Å². The van der Waals surface area contributed by atoms with E-state index in [0.29, 0.717) is 11.6 Å². The summed E-state index contributed by atoms with van der Waals surface area (Å²) in [5.41, 5.74) is 5.87. The SMILES string of the molecule is CNC(=O)CNc1ncc(N)cn1. The lowest BCUT2D eigenvalue weighted by atomic mass is 10.5. The van der Waals surface area contributed by atoms with Gasteiger partial charge in [-0.1, -0.05) is 0 Å². The van der Waals surface area contributed by atoms with Gasteiger partial charge in [0.05, 0.1) is 24.6 Å². The summed E-state index contributed by atoms with van der Waals surface area (Å²) in [4.78, 5) is 18.5. The molecule has 0 aromatic carbocycles. The highest BCUT2D eigenvalue weighted by Gasteiger charge is 1.98. The van der Waals surface area contributed by atoms with Crippen LogP contribution in [0.4, 0.5) is 11.6 Å². The van der Waals surface area contributed by atoms with E-state index >= 15 is 0 Å². The highest BCUT2D eigenvalue weighted by Crippen LogP contribution is 1.99. The summed E-state index contributed by atoms with van der Waals surface area (Å²) in [6.45, 7) is 0.153. The van der Waals surface area contributed by atoms with Crippen LogP contribution in [0.2, 0.25) is 0 Å². The first-order valence-electron chi connectivity index (χ1n) is 3.74. The zero-order chi connectivity index (χ0) is 9.68. The molecule has 1 heterocycles. The van der Waals surface area contributed by atoms with Gasteiger partial charge in [-0.05, 0) is 0 Å². The molecule has 0 saturated carbocycles. The number of carbonyl (C=O) groups is 1. The van der Waals surface area contributed by atoms with Crippen LogP contribution >= 0.6 is 0 Å². The van der Waals surface area contributed by atoms with Crippen molar-refractivity contribution in [3.05, 3.63) is 12.4 Å². The number of nitrogens with one attached hydrogen (secondary N) is 2. The molecule has 13 heavy (non-hydrogen) atoms.